The third-order valence-corrected chi connectivity index (χ3v) is 3.61. The molecule has 1 unspecified atom stereocenters. The van der Waals surface area contributed by atoms with Crippen molar-refractivity contribution in [3.05, 3.63) is 71.8 Å². The van der Waals surface area contributed by atoms with Crippen molar-refractivity contribution in [1.82, 2.24) is 0 Å². The van der Waals surface area contributed by atoms with Crippen molar-refractivity contribution in [2.75, 3.05) is 0 Å². The molecule has 2 aromatic carbocycles. The van der Waals surface area contributed by atoms with Gasteiger partial charge in [-0.2, -0.15) is 0 Å². The normalized spacial score (nSPS) is 21.1. The molecule has 0 aromatic heterocycles. The van der Waals surface area contributed by atoms with Crippen molar-refractivity contribution >= 4 is 5.97 Å². The largest absolute Gasteiger partial charge is 0.435 e. The van der Waals surface area contributed by atoms with Gasteiger partial charge in [0.2, 0.25) is 6.29 Å². The Labute approximate surface area is 111 Å². The maximum Gasteiger partial charge on any atom is 0.323 e. The number of aliphatic hydroxyl groups excluding tert-OH is 1. The molecule has 3 nitrogen and oxygen atoms in total. The summed E-state index contributed by atoms with van der Waals surface area (Å²) < 4.78 is 5.00. The molecule has 0 amide bonds. The first-order valence-electron chi connectivity index (χ1n) is 6.24. The van der Waals surface area contributed by atoms with Crippen LogP contribution in [0.3, 0.4) is 0 Å². The summed E-state index contributed by atoms with van der Waals surface area (Å²) in [5.41, 5.74) is 0.799. The molecule has 19 heavy (non-hydrogen) atoms. The number of ether oxygens (including phenoxy) is 1. The average Bonchev–Trinajstić information content (AvgIpc) is 2.76. The number of hydrogen-bond acceptors (Lipinski definition) is 3. The number of benzene rings is 2. The van der Waals surface area contributed by atoms with Crippen molar-refractivity contribution in [3.63, 3.8) is 0 Å². The number of carbonyl (C=O) groups excluding carboxylic acids is 1. The number of aliphatic hydroxyl groups is 1. The van der Waals surface area contributed by atoms with E-state index < -0.39 is 17.7 Å². The molecule has 1 fully saturated rings. The molecule has 96 valence electrons. The van der Waals surface area contributed by atoms with Crippen LogP contribution < -0.4 is 0 Å². The SMILES string of the molecule is O=C1OC(O)CC1(c1ccccc1)c1ccccc1. The van der Waals surface area contributed by atoms with Gasteiger partial charge in [0.1, 0.15) is 5.41 Å². The molecule has 2 aromatic rings. The smallest absolute Gasteiger partial charge is 0.323 e. The molecule has 0 aliphatic carbocycles. The van der Waals surface area contributed by atoms with E-state index in [-0.39, 0.29) is 6.42 Å². The lowest BCUT2D eigenvalue weighted by molar-refractivity contribution is -0.155. The number of carbonyl (C=O) groups is 1. The standard InChI is InChI=1S/C16H14O3/c17-14-11-16(15(18)19-14,12-7-3-1-4-8-12)13-9-5-2-6-10-13/h1-10,14,17H,11H2. The molecule has 1 saturated heterocycles. The summed E-state index contributed by atoms with van der Waals surface area (Å²) in [4.78, 5) is 12.3. The molecule has 3 rings (SSSR count). The van der Waals surface area contributed by atoms with Gasteiger partial charge in [-0.1, -0.05) is 60.7 Å². The van der Waals surface area contributed by atoms with Gasteiger partial charge in [-0.3, -0.25) is 4.79 Å². The lowest BCUT2D eigenvalue weighted by Crippen LogP contribution is -2.32. The van der Waals surface area contributed by atoms with Crippen molar-refractivity contribution < 1.29 is 14.6 Å². The topological polar surface area (TPSA) is 46.5 Å². The molecule has 0 spiro atoms. The Morgan fingerprint density at radius 2 is 1.42 bits per heavy atom. The van der Waals surface area contributed by atoms with Crippen LogP contribution in [0.4, 0.5) is 0 Å². The molecule has 1 heterocycles. The fraction of sp³-hybridized carbons (Fsp3) is 0.188. The van der Waals surface area contributed by atoms with Crippen LogP contribution in [0.1, 0.15) is 17.5 Å². The van der Waals surface area contributed by atoms with Crippen LogP contribution in [0.15, 0.2) is 60.7 Å². The van der Waals surface area contributed by atoms with Crippen LogP contribution >= 0.6 is 0 Å². The van der Waals surface area contributed by atoms with Crippen LogP contribution in [0, 0.1) is 0 Å². The van der Waals surface area contributed by atoms with Gasteiger partial charge < -0.3 is 9.84 Å². The molecule has 0 radical (unpaired) electrons. The summed E-state index contributed by atoms with van der Waals surface area (Å²) >= 11 is 0. The maximum absolute atomic E-state index is 12.3. The highest BCUT2D eigenvalue weighted by Gasteiger charge is 2.51. The fourth-order valence-corrected chi connectivity index (χ4v) is 2.69. The van der Waals surface area contributed by atoms with E-state index in [1.807, 2.05) is 60.7 Å². The Hall–Kier alpha value is -2.13. The molecule has 1 aliphatic rings. The van der Waals surface area contributed by atoms with Crippen molar-refractivity contribution in [2.24, 2.45) is 0 Å². The zero-order valence-corrected chi connectivity index (χ0v) is 10.3. The van der Waals surface area contributed by atoms with Gasteiger partial charge in [-0.15, -0.1) is 0 Å². The van der Waals surface area contributed by atoms with Gasteiger partial charge in [0.25, 0.3) is 0 Å². The third kappa shape index (κ3) is 1.83. The first-order chi connectivity index (χ1) is 9.23. The zero-order valence-electron chi connectivity index (χ0n) is 10.3. The van der Waals surface area contributed by atoms with Gasteiger partial charge in [-0.25, -0.2) is 0 Å². The predicted molar refractivity (Wildman–Crippen MR) is 70.4 cm³/mol. The Morgan fingerprint density at radius 3 is 1.79 bits per heavy atom. The minimum absolute atomic E-state index is 0.250. The van der Waals surface area contributed by atoms with Crippen LogP contribution in [0.2, 0.25) is 0 Å². The fourth-order valence-electron chi connectivity index (χ4n) is 2.69. The number of cyclic esters (lactones) is 1. The van der Waals surface area contributed by atoms with E-state index in [1.54, 1.807) is 0 Å². The van der Waals surface area contributed by atoms with Crippen LogP contribution in [-0.2, 0) is 14.9 Å². The molecule has 1 N–H and O–H groups in total. The Balaban J connectivity index is 2.20. The Kier molecular flexibility index (Phi) is 2.84. The van der Waals surface area contributed by atoms with E-state index in [9.17, 15) is 9.90 Å². The lowest BCUT2D eigenvalue weighted by atomic mass is 9.73. The van der Waals surface area contributed by atoms with E-state index in [0.29, 0.717) is 0 Å². The van der Waals surface area contributed by atoms with Crippen molar-refractivity contribution in [2.45, 2.75) is 18.1 Å². The van der Waals surface area contributed by atoms with Crippen LogP contribution in [0.25, 0.3) is 0 Å². The summed E-state index contributed by atoms with van der Waals surface area (Å²) in [6.45, 7) is 0. The average molecular weight is 254 g/mol. The summed E-state index contributed by atoms with van der Waals surface area (Å²) in [6.07, 6.45) is -0.798. The minimum atomic E-state index is -1.05. The van der Waals surface area contributed by atoms with E-state index in [1.165, 1.54) is 0 Å². The highest BCUT2D eigenvalue weighted by Crippen LogP contribution is 2.42. The van der Waals surface area contributed by atoms with Crippen molar-refractivity contribution in [3.8, 4) is 0 Å². The minimum Gasteiger partial charge on any atom is -0.435 e. The number of hydrogen-bond donors (Lipinski definition) is 1. The third-order valence-electron chi connectivity index (χ3n) is 3.61. The molecule has 0 bridgehead atoms. The summed E-state index contributed by atoms with van der Waals surface area (Å²) in [5.74, 6) is -0.391. The number of rotatable bonds is 2. The molecule has 0 saturated carbocycles. The molecule has 3 heteroatoms. The van der Waals surface area contributed by atoms with Gasteiger partial charge in [0.05, 0.1) is 0 Å². The van der Waals surface area contributed by atoms with E-state index >= 15 is 0 Å². The van der Waals surface area contributed by atoms with Crippen molar-refractivity contribution in [1.29, 1.82) is 0 Å². The van der Waals surface area contributed by atoms with Crippen LogP contribution in [-0.4, -0.2) is 17.4 Å². The van der Waals surface area contributed by atoms with Crippen LogP contribution in [0.5, 0.6) is 0 Å². The number of esters is 1. The first kappa shape index (κ1) is 11.9. The second kappa shape index (κ2) is 4.52. The first-order valence-corrected chi connectivity index (χ1v) is 6.24. The molecular weight excluding hydrogens is 240 g/mol. The zero-order chi connectivity index (χ0) is 13.3. The molecule has 1 aliphatic heterocycles. The quantitative estimate of drug-likeness (QED) is 0.836. The lowest BCUT2D eigenvalue weighted by Gasteiger charge is -2.25. The van der Waals surface area contributed by atoms with E-state index in [0.717, 1.165) is 11.1 Å². The monoisotopic (exact) mass is 254 g/mol. The Bertz CT molecular complexity index is 538. The Morgan fingerprint density at radius 1 is 0.947 bits per heavy atom. The van der Waals surface area contributed by atoms with E-state index in [2.05, 4.69) is 0 Å². The highest BCUT2D eigenvalue weighted by molar-refractivity contribution is 5.89. The summed E-state index contributed by atoms with van der Waals surface area (Å²) in [7, 11) is 0. The predicted octanol–water partition coefficient (Wildman–Crippen LogP) is 2.24. The summed E-state index contributed by atoms with van der Waals surface area (Å²) in [5, 5.41) is 9.71. The van der Waals surface area contributed by atoms with Gasteiger partial charge in [-0.05, 0) is 11.1 Å². The van der Waals surface area contributed by atoms with Gasteiger partial charge in [0.15, 0.2) is 0 Å². The van der Waals surface area contributed by atoms with Gasteiger partial charge >= 0.3 is 5.97 Å². The molecule has 1 atom stereocenters. The molecular formula is C16H14O3. The van der Waals surface area contributed by atoms with Gasteiger partial charge in [0, 0.05) is 6.42 Å². The highest BCUT2D eigenvalue weighted by atomic mass is 16.6. The second-order valence-corrected chi connectivity index (χ2v) is 4.70. The second-order valence-electron chi connectivity index (χ2n) is 4.70. The summed E-state index contributed by atoms with van der Waals surface area (Å²) in [6, 6.07) is 18.9. The maximum atomic E-state index is 12.3. The van der Waals surface area contributed by atoms with E-state index in [4.69, 9.17) is 4.74 Å².